The van der Waals surface area contributed by atoms with Gasteiger partial charge in [0.25, 0.3) is 5.82 Å². The zero-order valence-electron chi connectivity index (χ0n) is 20.0. The number of nitrogens with two attached hydrogens (primary N) is 1. The normalized spacial score (nSPS) is 19.9. The topological polar surface area (TPSA) is 90.9 Å². The number of ether oxygens (including phenoxy) is 1. The molecular weight excluding hydrogens is 516 g/mol. The van der Waals surface area contributed by atoms with Gasteiger partial charge in [-0.05, 0) is 71.0 Å². The van der Waals surface area contributed by atoms with E-state index in [-0.39, 0.29) is 48.5 Å². The second-order valence-electron chi connectivity index (χ2n) is 9.08. The number of tetrazole rings is 1. The molecule has 12 heteroatoms. The van der Waals surface area contributed by atoms with Gasteiger partial charge in [0.15, 0.2) is 0 Å². The van der Waals surface area contributed by atoms with Gasteiger partial charge in [-0.2, -0.15) is 17.9 Å². The van der Waals surface area contributed by atoms with E-state index in [1.165, 1.54) is 0 Å². The molecule has 198 valence electrons. The van der Waals surface area contributed by atoms with Gasteiger partial charge in [0.2, 0.25) is 0 Å². The van der Waals surface area contributed by atoms with Crippen LogP contribution in [0.4, 0.5) is 13.2 Å². The van der Waals surface area contributed by atoms with Crippen LogP contribution in [0.3, 0.4) is 0 Å². The van der Waals surface area contributed by atoms with Gasteiger partial charge in [-0.1, -0.05) is 44.2 Å². The van der Waals surface area contributed by atoms with E-state index in [9.17, 15) is 13.2 Å². The first-order valence-electron chi connectivity index (χ1n) is 11.4. The summed E-state index contributed by atoms with van der Waals surface area (Å²) in [6.07, 6.45) is -3.26. The van der Waals surface area contributed by atoms with Crippen LogP contribution in [0.5, 0.6) is 5.75 Å². The van der Waals surface area contributed by atoms with Crippen molar-refractivity contribution in [3.63, 3.8) is 0 Å². The Morgan fingerprint density at radius 3 is 2.53 bits per heavy atom. The summed E-state index contributed by atoms with van der Waals surface area (Å²) in [6.45, 7) is 5.37. The number of halogens is 5. The van der Waals surface area contributed by atoms with Crippen molar-refractivity contribution >= 4 is 24.8 Å². The lowest BCUT2D eigenvalue weighted by atomic mass is 9.80. The van der Waals surface area contributed by atoms with E-state index in [1.54, 1.807) is 18.2 Å². The molecular formula is C24H31Cl2F3N6O. The van der Waals surface area contributed by atoms with Crippen LogP contribution in [0, 0.1) is 11.8 Å². The van der Waals surface area contributed by atoms with Gasteiger partial charge >= 0.3 is 6.18 Å². The van der Waals surface area contributed by atoms with E-state index < -0.39 is 12.0 Å². The number of piperidine rings is 1. The predicted octanol–water partition coefficient (Wildman–Crippen LogP) is 4.78. The molecule has 2 heterocycles. The van der Waals surface area contributed by atoms with Crippen LogP contribution >= 0.6 is 24.8 Å². The largest absolute Gasteiger partial charge is 0.493 e. The smallest absolute Gasteiger partial charge is 0.453 e. The highest BCUT2D eigenvalue weighted by Gasteiger charge is 2.38. The third kappa shape index (κ3) is 6.88. The minimum atomic E-state index is -4.67. The van der Waals surface area contributed by atoms with Crippen molar-refractivity contribution in [2.75, 3.05) is 13.2 Å². The molecule has 4 rings (SSSR count). The highest BCUT2D eigenvalue weighted by molar-refractivity contribution is 5.85. The Labute approximate surface area is 220 Å². The molecule has 0 spiro atoms. The van der Waals surface area contributed by atoms with Crippen molar-refractivity contribution in [2.24, 2.45) is 17.6 Å². The maximum Gasteiger partial charge on any atom is 0.453 e. The first kappa shape index (κ1) is 29.8. The van der Waals surface area contributed by atoms with E-state index in [4.69, 9.17) is 10.5 Å². The fraction of sp³-hybridized carbons (Fsp3) is 0.458. The number of aromatic nitrogens is 4. The molecule has 3 aromatic rings. The maximum absolute atomic E-state index is 13.4. The first-order chi connectivity index (χ1) is 16.2. The quantitative estimate of drug-likeness (QED) is 0.443. The SMILES string of the molecule is CC(C)COc1ccc(-n2nnnc2C(F)(F)F)cc1CC1CCN[C@@H](c2ccccc2)[C@H]1N.Cl.Cl. The lowest BCUT2D eigenvalue weighted by Crippen LogP contribution is -2.49. The summed E-state index contributed by atoms with van der Waals surface area (Å²) in [5, 5.41) is 13.5. The van der Waals surface area contributed by atoms with E-state index >= 15 is 0 Å². The lowest BCUT2D eigenvalue weighted by Gasteiger charge is -2.37. The Balaban J connectivity index is 0.00000228. The Kier molecular flexibility index (Phi) is 10.5. The molecule has 7 nitrogen and oxygen atoms in total. The minimum Gasteiger partial charge on any atom is -0.493 e. The minimum absolute atomic E-state index is 0. The van der Waals surface area contributed by atoms with Gasteiger partial charge in [0, 0.05) is 12.1 Å². The molecule has 2 aromatic carbocycles. The molecule has 0 amide bonds. The number of rotatable bonds is 7. The number of hydrogen-bond donors (Lipinski definition) is 2. The average Bonchev–Trinajstić information content (AvgIpc) is 3.31. The zero-order valence-corrected chi connectivity index (χ0v) is 21.6. The summed E-state index contributed by atoms with van der Waals surface area (Å²) in [6, 6.07) is 14.8. The van der Waals surface area contributed by atoms with Crippen molar-refractivity contribution in [3.8, 4) is 11.4 Å². The van der Waals surface area contributed by atoms with Gasteiger partial charge in [0.05, 0.1) is 12.3 Å². The molecule has 0 aliphatic carbocycles. The van der Waals surface area contributed by atoms with Gasteiger partial charge in [0.1, 0.15) is 5.75 Å². The van der Waals surface area contributed by atoms with Gasteiger partial charge in [-0.3, -0.25) is 0 Å². The first-order valence-corrected chi connectivity index (χ1v) is 11.4. The monoisotopic (exact) mass is 546 g/mol. The third-order valence-electron chi connectivity index (χ3n) is 6.03. The predicted molar refractivity (Wildman–Crippen MR) is 136 cm³/mol. The number of hydrogen-bond acceptors (Lipinski definition) is 6. The molecule has 0 bridgehead atoms. The lowest BCUT2D eigenvalue weighted by molar-refractivity contribution is -0.146. The molecule has 1 unspecified atom stereocenters. The van der Waals surface area contributed by atoms with Crippen molar-refractivity contribution in [2.45, 2.75) is 44.9 Å². The Hall–Kier alpha value is -2.40. The number of benzene rings is 2. The Morgan fingerprint density at radius 2 is 1.86 bits per heavy atom. The highest BCUT2D eigenvalue weighted by atomic mass is 35.5. The standard InChI is InChI=1S/C24H29F3N6O.2ClH/c1-15(2)14-34-20-9-8-19(33-23(24(25,26)27)30-31-32-33)13-18(20)12-17-10-11-29-22(21(17)28)16-6-4-3-5-7-16;;/h3-9,13,15,17,21-22,29H,10-12,14,28H2,1-2H3;2*1H/t17?,21-,22-;;/m0../s1. The fourth-order valence-electron chi connectivity index (χ4n) is 4.34. The molecule has 0 radical (unpaired) electrons. The molecule has 3 atom stereocenters. The molecule has 3 N–H and O–H groups in total. The van der Waals surface area contributed by atoms with E-state index in [1.807, 2.05) is 44.2 Å². The van der Waals surface area contributed by atoms with Crippen LogP contribution < -0.4 is 15.8 Å². The van der Waals surface area contributed by atoms with Crippen molar-refractivity contribution in [3.05, 3.63) is 65.5 Å². The molecule has 1 aliphatic rings. The van der Waals surface area contributed by atoms with Gasteiger partial charge in [-0.25, -0.2) is 0 Å². The summed E-state index contributed by atoms with van der Waals surface area (Å²) < 4.78 is 46.9. The molecule has 36 heavy (non-hydrogen) atoms. The maximum atomic E-state index is 13.4. The highest BCUT2D eigenvalue weighted by Crippen LogP contribution is 2.34. The van der Waals surface area contributed by atoms with E-state index in [0.717, 1.165) is 24.1 Å². The summed E-state index contributed by atoms with van der Waals surface area (Å²) in [5.74, 6) is -0.121. The van der Waals surface area contributed by atoms with Crippen LogP contribution in [-0.2, 0) is 12.6 Å². The molecule has 0 saturated carbocycles. The summed E-state index contributed by atoms with van der Waals surface area (Å²) in [4.78, 5) is 0. The van der Waals surface area contributed by atoms with Crippen molar-refractivity contribution in [1.29, 1.82) is 0 Å². The van der Waals surface area contributed by atoms with Crippen LogP contribution in [0.25, 0.3) is 5.69 Å². The molecule has 1 aliphatic heterocycles. The molecule has 1 saturated heterocycles. The summed E-state index contributed by atoms with van der Waals surface area (Å²) in [7, 11) is 0. The van der Waals surface area contributed by atoms with Crippen molar-refractivity contribution < 1.29 is 17.9 Å². The van der Waals surface area contributed by atoms with Gasteiger partial charge in [-0.15, -0.1) is 29.9 Å². The average molecular weight is 547 g/mol. The summed E-state index contributed by atoms with van der Waals surface area (Å²) in [5.41, 5.74) is 8.83. The van der Waals surface area contributed by atoms with Gasteiger partial charge < -0.3 is 15.8 Å². The number of nitrogens with zero attached hydrogens (tertiary/aromatic N) is 4. The molecule has 1 aromatic heterocycles. The third-order valence-corrected chi connectivity index (χ3v) is 6.03. The van der Waals surface area contributed by atoms with Crippen LogP contribution in [0.2, 0.25) is 0 Å². The van der Waals surface area contributed by atoms with E-state index in [2.05, 4.69) is 20.8 Å². The summed E-state index contributed by atoms with van der Waals surface area (Å²) >= 11 is 0. The number of alkyl halides is 3. The van der Waals surface area contributed by atoms with Crippen LogP contribution in [0.1, 0.15) is 43.3 Å². The zero-order chi connectivity index (χ0) is 24.3. The van der Waals surface area contributed by atoms with E-state index in [0.29, 0.717) is 29.4 Å². The fourth-order valence-corrected chi connectivity index (χ4v) is 4.34. The second kappa shape index (κ2) is 12.7. The van der Waals surface area contributed by atoms with Crippen LogP contribution in [0.15, 0.2) is 48.5 Å². The Morgan fingerprint density at radius 1 is 1.14 bits per heavy atom. The van der Waals surface area contributed by atoms with Crippen LogP contribution in [-0.4, -0.2) is 39.4 Å². The second-order valence-corrected chi connectivity index (χ2v) is 9.08. The van der Waals surface area contributed by atoms with Crippen molar-refractivity contribution in [1.82, 2.24) is 25.5 Å². The number of nitrogens with one attached hydrogen (secondary N) is 1. The molecule has 1 fully saturated rings. The Bertz CT molecular complexity index is 1100.